The number of para-hydroxylation sites is 1. The van der Waals surface area contributed by atoms with E-state index >= 15 is 17.6 Å². The van der Waals surface area contributed by atoms with E-state index in [9.17, 15) is 132 Å². The molecular formula is C50H29F34N3. The zero-order valence-electron chi connectivity index (χ0n) is 41.6. The average molecular weight is 1320 g/mol. The number of H-pyrrole nitrogens is 1. The molecule has 0 radical (unpaired) electrons. The van der Waals surface area contributed by atoms with Gasteiger partial charge in [0.2, 0.25) is 0 Å². The van der Waals surface area contributed by atoms with Crippen molar-refractivity contribution in [1.82, 2.24) is 9.97 Å². The third-order valence-corrected chi connectivity index (χ3v) is 13.7. The van der Waals surface area contributed by atoms with Crippen molar-refractivity contribution in [3.8, 4) is 0 Å². The second-order valence-corrected chi connectivity index (χ2v) is 19.2. The number of aryl methyl sites for hydroxylation is 2. The van der Waals surface area contributed by atoms with Crippen molar-refractivity contribution in [1.29, 1.82) is 0 Å². The fourth-order valence-electron chi connectivity index (χ4n) is 8.57. The van der Waals surface area contributed by atoms with Gasteiger partial charge in [0.25, 0.3) is 0 Å². The van der Waals surface area contributed by atoms with Crippen LogP contribution in [0.25, 0.3) is 21.8 Å². The summed E-state index contributed by atoms with van der Waals surface area (Å²) in [6.45, 7) is 0. The molecule has 4 aromatic carbocycles. The van der Waals surface area contributed by atoms with E-state index in [1.165, 1.54) is 42.6 Å². The normalized spacial score (nSPS) is 15.2. The molecule has 0 aliphatic rings. The number of nitrogens with zero attached hydrogens (tertiary/aromatic N) is 1. The van der Waals surface area contributed by atoms with Crippen LogP contribution in [0.1, 0.15) is 40.7 Å². The van der Waals surface area contributed by atoms with Crippen LogP contribution in [0.15, 0.2) is 115 Å². The van der Waals surface area contributed by atoms with Crippen LogP contribution in [-0.4, -0.2) is 105 Å². The van der Waals surface area contributed by atoms with Crippen molar-refractivity contribution >= 4 is 27.6 Å². The SMILES string of the molecule is FC(F)(F)C(F)(F)C(F)(F)C(F)(F)C(F)(F)C(F)(F)C(F)(F)C(F)(F)CCc1ccc(C(Nc2cc3c(cn2)[nH]c2ccccc23)(c2ccccc2)c2ccc(CCC(F)(F)C(F)(F)C(F)(F)C(F)(F)C(F)(F)C(F)(F)C(F)(F)C(F)(F)F)cc2)cc1. The summed E-state index contributed by atoms with van der Waals surface area (Å²) in [7, 11) is 0. The number of benzene rings is 4. The van der Waals surface area contributed by atoms with Gasteiger partial charge in [-0.25, -0.2) is 4.98 Å². The smallest absolute Gasteiger partial charge is 0.353 e. The van der Waals surface area contributed by atoms with Crippen molar-refractivity contribution < 1.29 is 149 Å². The zero-order chi connectivity index (χ0) is 66.7. The topological polar surface area (TPSA) is 40.7 Å². The first-order valence-corrected chi connectivity index (χ1v) is 23.3. The number of nitrogens with one attached hydrogen (secondary N) is 2. The van der Waals surface area contributed by atoms with Crippen LogP contribution in [0.5, 0.6) is 0 Å². The Kier molecular flexibility index (Phi) is 16.9. The van der Waals surface area contributed by atoms with Gasteiger partial charge in [-0.1, -0.05) is 97.1 Å². The first-order valence-electron chi connectivity index (χ1n) is 23.3. The molecule has 2 N–H and O–H groups in total. The van der Waals surface area contributed by atoms with Gasteiger partial charge in [0, 0.05) is 29.1 Å². The van der Waals surface area contributed by atoms with E-state index in [1.807, 2.05) is 0 Å². The fourth-order valence-corrected chi connectivity index (χ4v) is 8.57. The maximum Gasteiger partial charge on any atom is 0.460 e. The number of pyridine rings is 1. The number of halogens is 34. The van der Waals surface area contributed by atoms with Gasteiger partial charge in [-0.2, -0.15) is 149 Å². The first-order chi connectivity index (χ1) is 39.0. The molecule has 0 saturated heterocycles. The van der Waals surface area contributed by atoms with Crippen LogP contribution >= 0.6 is 0 Å². The monoisotopic (exact) mass is 1320 g/mol. The van der Waals surface area contributed by atoms with Crippen molar-refractivity contribution in [2.24, 2.45) is 0 Å². The average Bonchev–Trinajstić information content (AvgIpc) is 1.13. The van der Waals surface area contributed by atoms with E-state index in [0.717, 1.165) is 24.3 Å². The highest BCUT2D eigenvalue weighted by Gasteiger charge is 2.97. The highest BCUT2D eigenvalue weighted by Crippen LogP contribution is 2.66. The van der Waals surface area contributed by atoms with Gasteiger partial charge in [-0.05, 0) is 52.8 Å². The Morgan fingerprint density at radius 1 is 0.310 bits per heavy atom. The fraction of sp³-hybridized carbons (Fsp3) is 0.420. The number of aromatic amines is 1. The molecule has 482 valence electrons. The molecular weight excluding hydrogens is 1290 g/mol. The van der Waals surface area contributed by atoms with Crippen LogP contribution in [0.4, 0.5) is 155 Å². The maximum absolute atomic E-state index is 15.0. The molecule has 87 heavy (non-hydrogen) atoms. The summed E-state index contributed by atoms with van der Waals surface area (Å²) in [5.74, 6) is -117. The summed E-state index contributed by atoms with van der Waals surface area (Å²) in [6.07, 6.45) is -24.0. The van der Waals surface area contributed by atoms with Gasteiger partial charge in [0.15, 0.2) is 0 Å². The summed E-state index contributed by atoms with van der Waals surface area (Å²) in [5.41, 5.74) is -3.43. The van der Waals surface area contributed by atoms with E-state index in [-0.39, 0.29) is 22.5 Å². The number of hydrogen-bond acceptors (Lipinski definition) is 2. The minimum Gasteiger partial charge on any atom is -0.353 e. The number of anilines is 1. The number of fused-ring (bicyclic) bond motifs is 3. The molecule has 0 atom stereocenters. The largest absolute Gasteiger partial charge is 0.460 e. The molecule has 0 saturated carbocycles. The summed E-state index contributed by atoms with van der Waals surface area (Å²) in [6, 6.07) is 20.2. The molecule has 3 nitrogen and oxygen atoms in total. The molecule has 0 unspecified atom stereocenters. The van der Waals surface area contributed by atoms with Crippen molar-refractivity contribution in [3.63, 3.8) is 0 Å². The molecule has 0 aliphatic heterocycles. The Bertz CT molecular complexity index is 3250. The number of hydrogen-bond donors (Lipinski definition) is 2. The van der Waals surface area contributed by atoms with Gasteiger partial charge >= 0.3 is 95.3 Å². The lowest BCUT2D eigenvalue weighted by atomic mass is 9.76. The predicted molar refractivity (Wildman–Crippen MR) is 234 cm³/mol. The molecule has 0 aliphatic carbocycles. The Morgan fingerprint density at radius 3 is 0.977 bits per heavy atom. The Hall–Kier alpha value is -6.75. The van der Waals surface area contributed by atoms with Crippen LogP contribution in [0, 0.1) is 0 Å². The summed E-state index contributed by atoms with van der Waals surface area (Å²) in [5, 5.41) is 3.89. The Morgan fingerprint density at radius 2 is 0.621 bits per heavy atom. The van der Waals surface area contributed by atoms with E-state index in [0.29, 0.717) is 46.1 Å². The van der Waals surface area contributed by atoms with Crippen LogP contribution in [0.3, 0.4) is 0 Å². The van der Waals surface area contributed by atoms with Crippen LogP contribution in [0.2, 0.25) is 0 Å². The van der Waals surface area contributed by atoms with Crippen molar-refractivity contribution in [3.05, 3.63) is 143 Å². The highest BCUT2D eigenvalue weighted by atomic mass is 19.4. The predicted octanol–water partition coefficient (Wildman–Crippen LogP) is 19.0. The van der Waals surface area contributed by atoms with Crippen LogP contribution in [-0.2, 0) is 18.4 Å². The lowest BCUT2D eigenvalue weighted by Crippen LogP contribution is -2.74. The molecule has 0 spiro atoms. The maximum atomic E-state index is 15.0. The molecule has 6 aromatic rings. The number of aromatic nitrogens is 2. The molecule has 0 fully saturated rings. The Labute approximate surface area is 461 Å². The molecule has 37 heteroatoms. The molecule has 2 heterocycles. The first kappa shape index (κ1) is 69.4. The summed E-state index contributed by atoms with van der Waals surface area (Å²) >= 11 is 0. The second kappa shape index (κ2) is 21.2. The lowest BCUT2D eigenvalue weighted by Gasteiger charge is -2.42. The summed E-state index contributed by atoms with van der Waals surface area (Å²) in [4.78, 5) is 7.31. The van der Waals surface area contributed by atoms with Crippen molar-refractivity contribution in [2.75, 3.05) is 5.32 Å². The van der Waals surface area contributed by atoms with Crippen molar-refractivity contribution in [2.45, 2.75) is 126 Å². The second-order valence-electron chi connectivity index (χ2n) is 19.2. The van der Waals surface area contributed by atoms with Gasteiger partial charge < -0.3 is 10.3 Å². The van der Waals surface area contributed by atoms with E-state index in [1.54, 1.807) is 24.3 Å². The van der Waals surface area contributed by atoms with Gasteiger partial charge in [-0.3, -0.25) is 0 Å². The zero-order valence-corrected chi connectivity index (χ0v) is 41.6. The van der Waals surface area contributed by atoms with Gasteiger partial charge in [-0.15, -0.1) is 0 Å². The van der Waals surface area contributed by atoms with Gasteiger partial charge in [0.05, 0.1) is 11.7 Å². The van der Waals surface area contributed by atoms with E-state index in [4.69, 9.17) is 0 Å². The van der Waals surface area contributed by atoms with Crippen LogP contribution < -0.4 is 5.32 Å². The quantitative estimate of drug-likeness (QED) is 0.0496. The van der Waals surface area contributed by atoms with Gasteiger partial charge in [0.1, 0.15) is 11.4 Å². The number of rotatable bonds is 23. The molecule has 2 aromatic heterocycles. The molecule has 6 rings (SSSR count). The third kappa shape index (κ3) is 10.3. The molecule has 0 amide bonds. The third-order valence-electron chi connectivity index (χ3n) is 13.7. The molecule has 0 bridgehead atoms. The Balaban J connectivity index is 1.39. The summed E-state index contributed by atoms with van der Waals surface area (Å²) < 4.78 is 475. The minimum absolute atomic E-state index is 0.0271. The van der Waals surface area contributed by atoms with E-state index < -0.39 is 138 Å². The minimum atomic E-state index is -8.88. The highest BCUT2D eigenvalue weighted by molar-refractivity contribution is 6.07. The number of alkyl halides is 34. The standard InChI is InChI=1S/C50H29F34N3/c51-34(52,37(55,56)39(59,60)41(63,64)43(67,68)45(71,72)47(75,76)49(79,80)81)20-18-24-10-14-27(15-11-24)36(26-6-2-1-3-7-26,87-33-22-30-29-8-4-5-9-31(29)86-32(30)23-85-33)28-16-12-25(13-17-28)19-21-35(53,54)38(57,58)40(61,62)42(65,66)44(69,70)46(73,74)48(77,78)50(82,83)84/h1-17,22-23,86H,18-21H2,(H,85,87). The van der Waals surface area contributed by atoms with E-state index in [2.05, 4.69) is 15.3 Å². The lowest BCUT2D eigenvalue weighted by molar-refractivity contribution is -0.461.